The molecule has 0 aromatic heterocycles. The minimum absolute atomic E-state index is 0.515. The lowest BCUT2D eigenvalue weighted by Crippen LogP contribution is -2.10. The van der Waals surface area contributed by atoms with Crippen LogP contribution in [-0.2, 0) is 4.74 Å². The number of allylic oxidation sites excluding steroid dienone is 4. The lowest BCUT2D eigenvalue weighted by atomic mass is 9.96. The van der Waals surface area contributed by atoms with Crippen LogP contribution < -0.4 is 0 Å². The largest absolute Gasteiger partial charge is 0.378 e. The fourth-order valence-electron chi connectivity index (χ4n) is 1.54. The molecule has 0 aromatic carbocycles. The van der Waals surface area contributed by atoms with Gasteiger partial charge in [-0.05, 0) is 46.0 Å². The van der Waals surface area contributed by atoms with Crippen LogP contribution in [0.1, 0.15) is 47.0 Å². The summed E-state index contributed by atoms with van der Waals surface area (Å²) < 4.78 is 5.53. The van der Waals surface area contributed by atoms with E-state index in [0.29, 0.717) is 12.0 Å². The van der Waals surface area contributed by atoms with Crippen molar-refractivity contribution < 1.29 is 4.74 Å². The number of ether oxygens (including phenoxy) is 1. The Balaban J connectivity index is 0.000000366. The second kappa shape index (κ2) is 9.23. The van der Waals surface area contributed by atoms with Gasteiger partial charge in [-0.1, -0.05) is 43.4 Å². The predicted octanol–water partition coefficient (Wildman–Crippen LogP) is 4.91. The Morgan fingerprint density at radius 2 is 2.12 bits per heavy atom. The maximum absolute atomic E-state index is 5.53. The van der Waals surface area contributed by atoms with Gasteiger partial charge in [-0.25, -0.2) is 0 Å². The first-order valence-electron chi connectivity index (χ1n) is 6.53. The first-order chi connectivity index (χ1) is 8.01. The highest BCUT2D eigenvalue weighted by Gasteiger charge is 2.18. The van der Waals surface area contributed by atoms with Gasteiger partial charge in [0.25, 0.3) is 0 Å². The van der Waals surface area contributed by atoms with E-state index in [9.17, 15) is 0 Å². The van der Waals surface area contributed by atoms with Crippen LogP contribution in [0.2, 0.25) is 0 Å². The van der Waals surface area contributed by atoms with Crippen molar-refractivity contribution in [1.29, 1.82) is 0 Å². The van der Waals surface area contributed by atoms with E-state index in [1.807, 2.05) is 26.0 Å². The van der Waals surface area contributed by atoms with E-state index < -0.39 is 0 Å². The first kappa shape index (κ1) is 16.2. The molecule has 17 heavy (non-hydrogen) atoms. The molecule has 1 aliphatic rings. The van der Waals surface area contributed by atoms with Crippen molar-refractivity contribution in [3.8, 4) is 0 Å². The normalized spacial score (nSPS) is 21.4. The summed E-state index contributed by atoms with van der Waals surface area (Å²) in [6, 6.07) is 0. The summed E-state index contributed by atoms with van der Waals surface area (Å²) in [5.41, 5.74) is 2.51. The average molecular weight is 236 g/mol. The number of hydrogen-bond acceptors (Lipinski definition) is 1. The zero-order chi connectivity index (χ0) is 13.3. The third-order valence-corrected chi connectivity index (χ3v) is 3.26. The molecule has 1 nitrogen and oxygen atoms in total. The zero-order valence-electron chi connectivity index (χ0n) is 12.0. The molecule has 1 aliphatic heterocycles. The second-order valence-electron chi connectivity index (χ2n) is 4.85. The molecule has 0 amide bonds. The summed E-state index contributed by atoms with van der Waals surface area (Å²) >= 11 is 0. The molecule has 1 heterocycles. The highest BCUT2D eigenvalue weighted by molar-refractivity contribution is 5.10. The molecule has 1 fully saturated rings. The third-order valence-electron chi connectivity index (χ3n) is 3.26. The van der Waals surface area contributed by atoms with Gasteiger partial charge in [0.1, 0.15) is 0 Å². The highest BCUT2D eigenvalue weighted by atomic mass is 16.5. The van der Waals surface area contributed by atoms with Gasteiger partial charge in [-0.15, -0.1) is 0 Å². The molecule has 98 valence electrons. The topological polar surface area (TPSA) is 9.23 Å². The molecule has 2 unspecified atom stereocenters. The smallest absolute Gasteiger partial charge is 0.0581 e. The van der Waals surface area contributed by atoms with Crippen LogP contribution in [0.4, 0.5) is 0 Å². The van der Waals surface area contributed by atoms with E-state index in [-0.39, 0.29) is 0 Å². The van der Waals surface area contributed by atoms with E-state index in [0.717, 1.165) is 13.0 Å². The second-order valence-corrected chi connectivity index (χ2v) is 4.85. The summed E-state index contributed by atoms with van der Waals surface area (Å²) in [6.07, 6.45) is 8.02. The monoisotopic (exact) mass is 236 g/mol. The Morgan fingerprint density at radius 3 is 2.41 bits per heavy atom. The van der Waals surface area contributed by atoms with Crippen molar-refractivity contribution in [1.82, 2.24) is 0 Å². The molecule has 1 rings (SSSR count). The van der Waals surface area contributed by atoms with E-state index in [4.69, 9.17) is 4.74 Å². The Kier molecular flexibility index (Phi) is 8.79. The maximum atomic E-state index is 5.53. The Morgan fingerprint density at radius 1 is 1.47 bits per heavy atom. The molecule has 1 heteroatoms. The molecule has 0 bridgehead atoms. The van der Waals surface area contributed by atoms with Crippen molar-refractivity contribution >= 4 is 0 Å². The number of hydrogen-bond donors (Lipinski definition) is 0. The summed E-state index contributed by atoms with van der Waals surface area (Å²) in [7, 11) is 0. The van der Waals surface area contributed by atoms with Crippen LogP contribution in [0, 0.1) is 5.92 Å². The van der Waals surface area contributed by atoms with Crippen LogP contribution in [0.5, 0.6) is 0 Å². The minimum Gasteiger partial charge on any atom is -0.378 e. The quantitative estimate of drug-likeness (QED) is 0.498. The molecule has 0 spiro atoms. The predicted molar refractivity (Wildman–Crippen MR) is 77.2 cm³/mol. The van der Waals surface area contributed by atoms with Gasteiger partial charge < -0.3 is 4.74 Å². The Labute approximate surface area is 107 Å². The van der Waals surface area contributed by atoms with Crippen molar-refractivity contribution in [2.24, 2.45) is 5.92 Å². The fraction of sp³-hybridized carbons (Fsp3) is 0.625. The Bertz CT molecular complexity index is 257. The van der Waals surface area contributed by atoms with Crippen LogP contribution in [0.15, 0.2) is 36.5 Å². The van der Waals surface area contributed by atoms with Gasteiger partial charge in [-0.2, -0.15) is 0 Å². The van der Waals surface area contributed by atoms with Crippen molar-refractivity contribution in [3.05, 3.63) is 36.5 Å². The number of rotatable bonds is 4. The SMILES string of the molecule is C=C(C)C(C)CC1CCCO1.C=C/C(C)=C\C. The third kappa shape index (κ3) is 7.98. The van der Waals surface area contributed by atoms with Crippen LogP contribution >= 0.6 is 0 Å². The molecule has 1 saturated heterocycles. The van der Waals surface area contributed by atoms with Crippen molar-refractivity contribution in [2.75, 3.05) is 6.61 Å². The standard InChI is InChI=1S/C10H18O.C6H10/c1-8(2)9(3)7-10-5-4-6-11-10;1-4-6(3)5-2/h9-10H,1,4-7H2,2-3H3;4-5H,1H2,2-3H3/b;6-5-. The molecular formula is C16H28O. The van der Waals surface area contributed by atoms with Crippen LogP contribution in [0.25, 0.3) is 0 Å². The van der Waals surface area contributed by atoms with Gasteiger partial charge in [-0.3, -0.25) is 0 Å². The molecule has 0 aliphatic carbocycles. The van der Waals surface area contributed by atoms with Crippen molar-refractivity contribution in [3.63, 3.8) is 0 Å². The van der Waals surface area contributed by atoms with Gasteiger partial charge in [0, 0.05) is 6.61 Å². The van der Waals surface area contributed by atoms with Gasteiger partial charge in [0.15, 0.2) is 0 Å². The lowest BCUT2D eigenvalue weighted by Gasteiger charge is -2.15. The molecule has 2 atom stereocenters. The van der Waals surface area contributed by atoms with Crippen molar-refractivity contribution in [2.45, 2.75) is 53.1 Å². The lowest BCUT2D eigenvalue weighted by molar-refractivity contribution is 0.0956. The average Bonchev–Trinajstić information content (AvgIpc) is 2.81. The highest BCUT2D eigenvalue weighted by Crippen LogP contribution is 2.22. The zero-order valence-corrected chi connectivity index (χ0v) is 12.0. The summed E-state index contributed by atoms with van der Waals surface area (Å²) in [4.78, 5) is 0. The van der Waals surface area contributed by atoms with Crippen LogP contribution in [0.3, 0.4) is 0 Å². The van der Waals surface area contributed by atoms with Gasteiger partial charge in [0.05, 0.1) is 6.10 Å². The maximum Gasteiger partial charge on any atom is 0.0581 e. The summed E-state index contributed by atoms with van der Waals surface area (Å²) in [5.74, 6) is 0.623. The molecular weight excluding hydrogens is 208 g/mol. The van der Waals surface area contributed by atoms with Crippen LogP contribution in [-0.4, -0.2) is 12.7 Å². The molecule has 0 N–H and O–H groups in total. The summed E-state index contributed by atoms with van der Waals surface area (Å²) in [5, 5.41) is 0. The summed E-state index contributed by atoms with van der Waals surface area (Å²) in [6.45, 7) is 16.8. The van der Waals surface area contributed by atoms with E-state index in [2.05, 4.69) is 27.0 Å². The fourth-order valence-corrected chi connectivity index (χ4v) is 1.54. The van der Waals surface area contributed by atoms with E-state index in [1.165, 1.54) is 24.0 Å². The van der Waals surface area contributed by atoms with E-state index in [1.54, 1.807) is 0 Å². The minimum atomic E-state index is 0.515. The van der Waals surface area contributed by atoms with E-state index >= 15 is 0 Å². The molecule has 0 aromatic rings. The van der Waals surface area contributed by atoms with Gasteiger partial charge >= 0.3 is 0 Å². The molecule has 0 saturated carbocycles. The van der Waals surface area contributed by atoms with Gasteiger partial charge in [0.2, 0.25) is 0 Å². The Hall–Kier alpha value is -0.820. The first-order valence-corrected chi connectivity index (χ1v) is 6.53. The molecule has 0 radical (unpaired) electrons.